The Balaban J connectivity index is 2.22. The van der Waals surface area contributed by atoms with Gasteiger partial charge < -0.3 is 16.2 Å². The first-order valence-corrected chi connectivity index (χ1v) is 4.87. The molecule has 2 rings (SSSR count). The van der Waals surface area contributed by atoms with Crippen molar-refractivity contribution >= 4 is 5.97 Å². The summed E-state index contributed by atoms with van der Waals surface area (Å²) in [7, 11) is 0. The Morgan fingerprint density at radius 1 is 1.54 bits per heavy atom. The lowest BCUT2D eigenvalue weighted by Gasteiger charge is -2.38. The fraction of sp³-hybridized carbons (Fsp3) is 0.889. The summed E-state index contributed by atoms with van der Waals surface area (Å²) >= 11 is 0. The molecule has 13 heavy (non-hydrogen) atoms. The predicted molar refractivity (Wildman–Crippen MR) is 48.3 cm³/mol. The van der Waals surface area contributed by atoms with Crippen LogP contribution in [0.15, 0.2) is 0 Å². The lowest BCUT2D eigenvalue weighted by atomic mass is 9.69. The quantitative estimate of drug-likeness (QED) is 0.527. The van der Waals surface area contributed by atoms with Crippen LogP contribution >= 0.6 is 0 Å². The van der Waals surface area contributed by atoms with Gasteiger partial charge in [0.1, 0.15) is 5.54 Å². The van der Waals surface area contributed by atoms with Gasteiger partial charge in [0.15, 0.2) is 0 Å². The highest BCUT2D eigenvalue weighted by Gasteiger charge is 2.49. The molecule has 0 bridgehead atoms. The molecule has 0 unspecified atom stereocenters. The van der Waals surface area contributed by atoms with E-state index in [4.69, 9.17) is 10.8 Å². The van der Waals surface area contributed by atoms with Gasteiger partial charge in [0.25, 0.3) is 0 Å². The number of nitrogens with two attached hydrogens (primary N) is 1. The molecular formula is C9H16N2O2. The van der Waals surface area contributed by atoms with Gasteiger partial charge in [0.05, 0.1) is 0 Å². The number of carboxylic acids is 1. The molecule has 1 heterocycles. The Hall–Kier alpha value is -0.610. The molecular weight excluding hydrogens is 168 g/mol. The Kier molecular flexibility index (Phi) is 2.04. The maximum atomic E-state index is 11.1. The smallest absolute Gasteiger partial charge is 0.324 e. The molecule has 1 saturated heterocycles. The third kappa shape index (κ3) is 1.25. The van der Waals surface area contributed by atoms with Crippen LogP contribution in [0.3, 0.4) is 0 Å². The van der Waals surface area contributed by atoms with E-state index in [1.807, 2.05) is 0 Å². The molecule has 0 aromatic heterocycles. The van der Waals surface area contributed by atoms with Gasteiger partial charge in [0.2, 0.25) is 0 Å². The van der Waals surface area contributed by atoms with E-state index >= 15 is 0 Å². The highest BCUT2D eigenvalue weighted by molar-refractivity contribution is 5.79. The molecule has 4 nitrogen and oxygen atoms in total. The standard InChI is InChI=1S/C9H16N2O2/c10-9(8(12)13)3-1-2-6-4-11-5-7(6)9/h6-7,11H,1-5,10H2,(H,12,13)/t6-,7+,9+/m1/s1. The van der Waals surface area contributed by atoms with Crippen molar-refractivity contribution in [1.29, 1.82) is 0 Å². The van der Waals surface area contributed by atoms with Crippen LogP contribution in [0.1, 0.15) is 19.3 Å². The fourth-order valence-electron chi connectivity index (χ4n) is 2.75. The lowest BCUT2D eigenvalue weighted by molar-refractivity contribution is -0.147. The maximum absolute atomic E-state index is 11.1. The number of hydrogen-bond acceptors (Lipinski definition) is 3. The van der Waals surface area contributed by atoms with Gasteiger partial charge in [-0.15, -0.1) is 0 Å². The van der Waals surface area contributed by atoms with Gasteiger partial charge in [-0.2, -0.15) is 0 Å². The van der Waals surface area contributed by atoms with Crippen LogP contribution in [0, 0.1) is 11.8 Å². The average Bonchev–Trinajstić information content (AvgIpc) is 2.53. The Morgan fingerprint density at radius 2 is 2.31 bits per heavy atom. The largest absolute Gasteiger partial charge is 0.480 e. The molecule has 0 radical (unpaired) electrons. The Morgan fingerprint density at radius 3 is 3.00 bits per heavy atom. The number of carbonyl (C=O) groups is 1. The van der Waals surface area contributed by atoms with Crippen molar-refractivity contribution in [3.05, 3.63) is 0 Å². The first-order valence-electron chi connectivity index (χ1n) is 4.87. The summed E-state index contributed by atoms with van der Waals surface area (Å²) < 4.78 is 0. The van der Waals surface area contributed by atoms with Crippen molar-refractivity contribution in [2.45, 2.75) is 24.8 Å². The molecule has 1 aliphatic carbocycles. The minimum absolute atomic E-state index is 0.138. The second kappa shape index (κ2) is 2.96. The topological polar surface area (TPSA) is 75.4 Å². The summed E-state index contributed by atoms with van der Waals surface area (Å²) in [5.74, 6) is -0.209. The molecule has 0 amide bonds. The molecule has 0 aromatic carbocycles. The number of nitrogens with one attached hydrogen (secondary N) is 1. The van der Waals surface area contributed by atoms with Gasteiger partial charge in [-0.3, -0.25) is 4.79 Å². The van der Waals surface area contributed by atoms with Crippen LogP contribution in [-0.4, -0.2) is 29.7 Å². The van der Waals surface area contributed by atoms with Crippen LogP contribution in [0.5, 0.6) is 0 Å². The van der Waals surface area contributed by atoms with Crippen molar-refractivity contribution in [1.82, 2.24) is 5.32 Å². The minimum atomic E-state index is -0.966. The zero-order valence-electron chi connectivity index (χ0n) is 7.62. The molecule has 1 saturated carbocycles. The van der Waals surface area contributed by atoms with E-state index in [0.29, 0.717) is 12.3 Å². The van der Waals surface area contributed by atoms with Gasteiger partial charge in [-0.25, -0.2) is 0 Å². The molecule has 74 valence electrons. The second-order valence-corrected chi connectivity index (χ2v) is 4.26. The number of carboxylic acid groups (broad SMARTS) is 1. The molecule has 4 heteroatoms. The third-order valence-electron chi connectivity index (χ3n) is 3.57. The van der Waals surface area contributed by atoms with Crippen LogP contribution in [-0.2, 0) is 4.79 Å². The molecule has 1 aliphatic heterocycles. The monoisotopic (exact) mass is 184 g/mol. The zero-order chi connectivity index (χ0) is 9.47. The van der Waals surface area contributed by atoms with Crippen molar-refractivity contribution in [2.75, 3.05) is 13.1 Å². The van der Waals surface area contributed by atoms with Crippen LogP contribution in [0.25, 0.3) is 0 Å². The summed E-state index contributed by atoms with van der Waals surface area (Å²) in [5.41, 5.74) is 4.98. The molecule has 0 spiro atoms. The molecule has 3 atom stereocenters. The maximum Gasteiger partial charge on any atom is 0.324 e. The second-order valence-electron chi connectivity index (χ2n) is 4.26. The van der Waals surface area contributed by atoms with Crippen molar-refractivity contribution < 1.29 is 9.90 Å². The van der Waals surface area contributed by atoms with E-state index in [2.05, 4.69) is 5.32 Å². The van der Waals surface area contributed by atoms with E-state index in [0.717, 1.165) is 25.9 Å². The van der Waals surface area contributed by atoms with Gasteiger partial charge >= 0.3 is 5.97 Å². The van der Waals surface area contributed by atoms with Crippen LogP contribution < -0.4 is 11.1 Å². The lowest BCUT2D eigenvalue weighted by Crippen LogP contribution is -2.58. The Labute approximate surface area is 77.5 Å². The normalized spacial score (nSPS) is 44.4. The van der Waals surface area contributed by atoms with Gasteiger partial charge in [-0.05, 0) is 25.3 Å². The van der Waals surface area contributed by atoms with E-state index in [1.54, 1.807) is 0 Å². The van der Waals surface area contributed by atoms with E-state index in [-0.39, 0.29) is 5.92 Å². The van der Waals surface area contributed by atoms with E-state index in [9.17, 15) is 4.79 Å². The van der Waals surface area contributed by atoms with Crippen molar-refractivity contribution in [2.24, 2.45) is 17.6 Å². The van der Waals surface area contributed by atoms with Crippen LogP contribution in [0.2, 0.25) is 0 Å². The average molecular weight is 184 g/mol. The zero-order valence-corrected chi connectivity index (χ0v) is 7.62. The summed E-state index contributed by atoms with van der Waals surface area (Å²) in [4.78, 5) is 11.1. The summed E-state index contributed by atoms with van der Waals surface area (Å²) in [6, 6.07) is 0. The number of hydrogen-bond donors (Lipinski definition) is 3. The summed E-state index contributed by atoms with van der Waals surface area (Å²) in [6.45, 7) is 1.71. The van der Waals surface area contributed by atoms with Crippen molar-refractivity contribution in [3.63, 3.8) is 0 Å². The highest BCUT2D eigenvalue weighted by atomic mass is 16.4. The number of fused-ring (bicyclic) bond motifs is 1. The molecule has 4 N–H and O–H groups in total. The molecule has 2 fully saturated rings. The van der Waals surface area contributed by atoms with Gasteiger partial charge in [-0.1, -0.05) is 6.42 Å². The first-order chi connectivity index (χ1) is 6.14. The molecule has 0 aromatic rings. The van der Waals surface area contributed by atoms with Crippen molar-refractivity contribution in [3.8, 4) is 0 Å². The highest BCUT2D eigenvalue weighted by Crippen LogP contribution is 2.38. The minimum Gasteiger partial charge on any atom is -0.480 e. The van der Waals surface area contributed by atoms with E-state index in [1.165, 1.54) is 0 Å². The molecule has 2 aliphatic rings. The fourth-order valence-corrected chi connectivity index (χ4v) is 2.75. The van der Waals surface area contributed by atoms with Crippen LogP contribution in [0.4, 0.5) is 0 Å². The summed E-state index contributed by atoms with van der Waals surface area (Å²) in [6.07, 6.45) is 2.71. The Bertz CT molecular complexity index is 232. The SMILES string of the molecule is N[C@@]1(C(=O)O)CCC[C@@H]2CNC[C@@H]21. The first kappa shape index (κ1) is 8.97. The third-order valence-corrected chi connectivity index (χ3v) is 3.57. The van der Waals surface area contributed by atoms with Gasteiger partial charge in [0, 0.05) is 12.5 Å². The predicted octanol–water partition coefficient (Wildman–Crippen LogP) is -0.212. The summed E-state index contributed by atoms with van der Waals surface area (Å²) in [5, 5.41) is 12.3. The number of aliphatic carboxylic acids is 1. The van der Waals surface area contributed by atoms with E-state index < -0.39 is 11.5 Å². The number of rotatable bonds is 1.